The molecule has 1 aromatic rings. The van der Waals surface area contributed by atoms with Gasteiger partial charge in [0.1, 0.15) is 0 Å². The molecule has 0 saturated carbocycles. The van der Waals surface area contributed by atoms with Crippen molar-refractivity contribution in [2.75, 3.05) is 44.8 Å². The number of amides is 1. The molecule has 5 heteroatoms. The molecule has 0 aromatic heterocycles. The van der Waals surface area contributed by atoms with Gasteiger partial charge in [-0.2, -0.15) is 0 Å². The molecule has 0 bridgehead atoms. The lowest BCUT2D eigenvalue weighted by atomic mass is 10.1. The van der Waals surface area contributed by atoms with Crippen LogP contribution in [0.1, 0.15) is 12.5 Å². The highest BCUT2D eigenvalue weighted by atomic mass is 16.2. The minimum atomic E-state index is 0.00241. The Balaban J connectivity index is 1.94. The maximum atomic E-state index is 12.2. The van der Waals surface area contributed by atoms with Gasteiger partial charge < -0.3 is 16.0 Å². The molecular formula is C16H26N4O. The third-order valence-corrected chi connectivity index (χ3v) is 4.25. The second kappa shape index (κ2) is 6.45. The molecule has 0 radical (unpaired) electrons. The van der Waals surface area contributed by atoms with Gasteiger partial charge in [0.25, 0.3) is 0 Å². The van der Waals surface area contributed by atoms with Gasteiger partial charge in [-0.1, -0.05) is 19.1 Å². The van der Waals surface area contributed by atoms with Crippen LogP contribution in [0.2, 0.25) is 0 Å². The number of anilines is 2. The first-order valence-corrected chi connectivity index (χ1v) is 7.42. The van der Waals surface area contributed by atoms with Crippen molar-refractivity contribution < 1.29 is 4.79 Å². The van der Waals surface area contributed by atoms with Gasteiger partial charge in [0.15, 0.2) is 0 Å². The SMILES string of the molecule is Cc1cccc(N)c1NC(=O)CN1CC(C)C(N(C)C)C1. The number of nitrogens with two attached hydrogens (primary N) is 1. The summed E-state index contributed by atoms with van der Waals surface area (Å²) < 4.78 is 0. The lowest BCUT2D eigenvalue weighted by Crippen LogP contribution is -2.36. The Morgan fingerprint density at radius 1 is 1.43 bits per heavy atom. The molecule has 1 aliphatic heterocycles. The molecular weight excluding hydrogens is 264 g/mol. The monoisotopic (exact) mass is 290 g/mol. The van der Waals surface area contributed by atoms with Gasteiger partial charge in [-0.25, -0.2) is 0 Å². The van der Waals surface area contributed by atoms with Crippen molar-refractivity contribution in [3.8, 4) is 0 Å². The number of carbonyl (C=O) groups excluding carboxylic acids is 1. The Morgan fingerprint density at radius 3 is 2.71 bits per heavy atom. The highest BCUT2D eigenvalue weighted by molar-refractivity contribution is 5.96. The zero-order valence-corrected chi connectivity index (χ0v) is 13.4. The number of aryl methyl sites for hydroxylation is 1. The van der Waals surface area contributed by atoms with Crippen molar-refractivity contribution in [2.24, 2.45) is 5.92 Å². The molecule has 116 valence electrons. The normalized spacial score (nSPS) is 22.7. The van der Waals surface area contributed by atoms with Crippen LogP contribution in [0.4, 0.5) is 11.4 Å². The average molecular weight is 290 g/mol. The van der Waals surface area contributed by atoms with Crippen LogP contribution in [-0.2, 0) is 4.79 Å². The van der Waals surface area contributed by atoms with E-state index in [1.165, 1.54) is 0 Å². The molecule has 1 heterocycles. The van der Waals surface area contributed by atoms with E-state index in [0.717, 1.165) is 24.3 Å². The number of para-hydroxylation sites is 1. The number of nitrogens with zero attached hydrogens (tertiary/aromatic N) is 2. The Bertz CT molecular complexity index is 495. The van der Waals surface area contributed by atoms with Gasteiger partial charge in [-0.05, 0) is 38.6 Å². The Kier molecular flexibility index (Phi) is 4.85. The first-order chi connectivity index (χ1) is 9.88. The fourth-order valence-corrected chi connectivity index (χ4v) is 3.09. The average Bonchev–Trinajstić information content (AvgIpc) is 2.75. The largest absolute Gasteiger partial charge is 0.397 e. The quantitative estimate of drug-likeness (QED) is 0.823. The van der Waals surface area contributed by atoms with Crippen molar-refractivity contribution >= 4 is 17.3 Å². The van der Waals surface area contributed by atoms with Crippen LogP contribution >= 0.6 is 0 Å². The molecule has 1 fully saturated rings. The van der Waals surface area contributed by atoms with E-state index >= 15 is 0 Å². The van der Waals surface area contributed by atoms with E-state index in [-0.39, 0.29) is 5.91 Å². The van der Waals surface area contributed by atoms with Crippen LogP contribution in [-0.4, -0.2) is 55.5 Å². The zero-order valence-electron chi connectivity index (χ0n) is 13.4. The summed E-state index contributed by atoms with van der Waals surface area (Å²) in [5, 5.41) is 2.95. The maximum absolute atomic E-state index is 12.2. The smallest absolute Gasteiger partial charge is 0.238 e. The molecule has 3 N–H and O–H groups in total. The third-order valence-electron chi connectivity index (χ3n) is 4.25. The summed E-state index contributed by atoms with van der Waals surface area (Å²) in [7, 11) is 4.19. The van der Waals surface area contributed by atoms with Crippen LogP contribution in [0.25, 0.3) is 0 Å². The highest BCUT2D eigenvalue weighted by Gasteiger charge is 2.31. The van der Waals surface area contributed by atoms with E-state index in [1.807, 2.05) is 25.1 Å². The molecule has 1 amide bonds. The van der Waals surface area contributed by atoms with Crippen molar-refractivity contribution in [3.05, 3.63) is 23.8 Å². The molecule has 1 aliphatic rings. The van der Waals surface area contributed by atoms with Gasteiger partial charge in [-0.3, -0.25) is 9.69 Å². The van der Waals surface area contributed by atoms with E-state index in [4.69, 9.17) is 5.73 Å². The first kappa shape index (κ1) is 15.8. The summed E-state index contributed by atoms with van der Waals surface area (Å²) in [6.07, 6.45) is 0. The van der Waals surface area contributed by atoms with E-state index < -0.39 is 0 Å². The van der Waals surface area contributed by atoms with Gasteiger partial charge in [-0.15, -0.1) is 0 Å². The van der Waals surface area contributed by atoms with E-state index in [1.54, 1.807) is 0 Å². The lowest BCUT2D eigenvalue weighted by molar-refractivity contribution is -0.117. The molecule has 0 aliphatic carbocycles. The second-order valence-electron chi connectivity index (χ2n) is 6.29. The number of likely N-dealkylation sites (tertiary alicyclic amines) is 1. The molecule has 1 saturated heterocycles. The fraction of sp³-hybridized carbons (Fsp3) is 0.562. The summed E-state index contributed by atoms with van der Waals surface area (Å²) >= 11 is 0. The van der Waals surface area contributed by atoms with Gasteiger partial charge in [0, 0.05) is 19.1 Å². The predicted octanol–water partition coefficient (Wildman–Crippen LogP) is 1.40. The van der Waals surface area contributed by atoms with Crippen LogP contribution in [0.15, 0.2) is 18.2 Å². The summed E-state index contributed by atoms with van der Waals surface area (Å²) in [6, 6.07) is 6.17. The topological polar surface area (TPSA) is 61.6 Å². The first-order valence-electron chi connectivity index (χ1n) is 7.42. The van der Waals surface area contributed by atoms with Gasteiger partial charge >= 0.3 is 0 Å². The number of likely N-dealkylation sites (N-methyl/N-ethyl adjacent to an activating group) is 1. The molecule has 2 unspecified atom stereocenters. The number of benzene rings is 1. The van der Waals surface area contributed by atoms with E-state index in [0.29, 0.717) is 24.2 Å². The highest BCUT2D eigenvalue weighted by Crippen LogP contribution is 2.23. The fourth-order valence-electron chi connectivity index (χ4n) is 3.09. The Labute approximate surface area is 127 Å². The van der Waals surface area contributed by atoms with Gasteiger partial charge in [0.05, 0.1) is 17.9 Å². The summed E-state index contributed by atoms with van der Waals surface area (Å²) in [5.41, 5.74) is 8.27. The second-order valence-corrected chi connectivity index (χ2v) is 6.29. The minimum Gasteiger partial charge on any atom is -0.397 e. The van der Waals surface area contributed by atoms with Crippen molar-refractivity contribution in [1.29, 1.82) is 0 Å². The number of hydrogen-bond acceptors (Lipinski definition) is 4. The summed E-state index contributed by atoms with van der Waals surface area (Å²) in [5.74, 6) is 0.582. The number of rotatable bonds is 4. The third kappa shape index (κ3) is 3.74. The molecule has 1 aromatic carbocycles. The van der Waals surface area contributed by atoms with Crippen molar-refractivity contribution in [3.63, 3.8) is 0 Å². The van der Waals surface area contributed by atoms with Crippen LogP contribution in [0, 0.1) is 12.8 Å². The number of carbonyl (C=O) groups is 1. The number of hydrogen-bond donors (Lipinski definition) is 2. The summed E-state index contributed by atoms with van der Waals surface area (Å²) in [6.45, 7) is 6.50. The molecule has 0 spiro atoms. The van der Waals surface area contributed by atoms with Crippen molar-refractivity contribution in [1.82, 2.24) is 9.80 Å². The molecule has 5 nitrogen and oxygen atoms in total. The zero-order chi connectivity index (χ0) is 15.6. The van der Waals surface area contributed by atoms with Crippen LogP contribution < -0.4 is 11.1 Å². The minimum absolute atomic E-state index is 0.00241. The van der Waals surface area contributed by atoms with Crippen LogP contribution in [0.3, 0.4) is 0 Å². The lowest BCUT2D eigenvalue weighted by Gasteiger charge is -2.22. The van der Waals surface area contributed by atoms with Gasteiger partial charge in [0.2, 0.25) is 5.91 Å². The predicted molar refractivity (Wildman–Crippen MR) is 87.3 cm³/mol. The maximum Gasteiger partial charge on any atom is 0.238 e. The Hall–Kier alpha value is -1.59. The number of nitrogens with one attached hydrogen (secondary N) is 1. The molecule has 2 rings (SSSR count). The molecule has 2 atom stereocenters. The van der Waals surface area contributed by atoms with Crippen molar-refractivity contribution in [2.45, 2.75) is 19.9 Å². The Morgan fingerprint density at radius 2 is 2.14 bits per heavy atom. The molecule has 21 heavy (non-hydrogen) atoms. The summed E-state index contributed by atoms with van der Waals surface area (Å²) in [4.78, 5) is 16.7. The van der Waals surface area contributed by atoms with E-state index in [2.05, 4.69) is 36.1 Å². The van der Waals surface area contributed by atoms with Crippen LogP contribution in [0.5, 0.6) is 0 Å². The van der Waals surface area contributed by atoms with E-state index in [9.17, 15) is 4.79 Å². The number of nitrogen functional groups attached to an aromatic ring is 1. The standard InChI is InChI=1S/C16H26N4O/c1-11-6-5-7-13(17)16(11)18-15(21)10-20-8-12(2)14(9-20)19(3)4/h5-7,12,14H,8-10,17H2,1-4H3,(H,18,21).